The molecule has 0 bridgehead atoms. The van der Waals surface area contributed by atoms with Crippen molar-refractivity contribution >= 4 is 0 Å². The fourth-order valence-electron chi connectivity index (χ4n) is 2.71. The lowest BCUT2D eigenvalue weighted by Crippen LogP contribution is -2.32. The van der Waals surface area contributed by atoms with Crippen LogP contribution in [0, 0.1) is 5.92 Å². The van der Waals surface area contributed by atoms with E-state index in [0.717, 1.165) is 31.5 Å². The summed E-state index contributed by atoms with van der Waals surface area (Å²) in [6.07, 6.45) is 4.63. The third-order valence-electron chi connectivity index (χ3n) is 3.75. The molecule has 4 heteroatoms. The lowest BCUT2D eigenvalue weighted by molar-refractivity contribution is -0.00598. The van der Waals surface area contributed by atoms with E-state index in [-0.39, 0.29) is 5.92 Å². The smallest absolute Gasteiger partial charge is 0.162 e. The molecule has 0 aliphatic heterocycles. The zero-order chi connectivity index (χ0) is 11.8. The third-order valence-corrected chi connectivity index (χ3v) is 3.75. The van der Waals surface area contributed by atoms with E-state index in [2.05, 4.69) is 12.0 Å². The molecule has 1 aliphatic carbocycles. The van der Waals surface area contributed by atoms with Crippen molar-refractivity contribution in [2.45, 2.75) is 45.3 Å². The minimum atomic E-state index is -0.766. The van der Waals surface area contributed by atoms with E-state index < -0.39 is 5.60 Å². The molecular formula is C12H20N2O2. The molecule has 16 heavy (non-hydrogen) atoms. The monoisotopic (exact) mass is 224 g/mol. The topological polar surface area (TPSA) is 47.3 Å². The number of nitrogens with zero attached hydrogens (tertiary/aromatic N) is 2. The Hall–Kier alpha value is -1.03. The minimum Gasteiger partial charge on any atom is -0.493 e. The van der Waals surface area contributed by atoms with Crippen molar-refractivity contribution in [2.75, 3.05) is 7.11 Å². The molecule has 2 rings (SSSR count). The molecule has 1 heterocycles. The van der Waals surface area contributed by atoms with Gasteiger partial charge in [0.05, 0.1) is 13.3 Å². The fourth-order valence-corrected chi connectivity index (χ4v) is 2.71. The van der Waals surface area contributed by atoms with Gasteiger partial charge in [-0.25, -0.2) is 0 Å². The van der Waals surface area contributed by atoms with E-state index in [1.54, 1.807) is 13.3 Å². The summed E-state index contributed by atoms with van der Waals surface area (Å²) in [4.78, 5) is 0. The molecule has 0 radical (unpaired) electrons. The summed E-state index contributed by atoms with van der Waals surface area (Å²) in [6.45, 7) is 4.88. The Kier molecular flexibility index (Phi) is 2.93. The van der Waals surface area contributed by atoms with E-state index in [0.29, 0.717) is 5.75 Å². The zero-order valence-corrected chi connectivity index (χ0v) is 10.2. The van der Waals surface area contributed by atoms with Crippen LogP contribution in [0.1, 0.15) is 38.8 Å². The first-order chi connectivity index (χ1) is 7.63. The van der Waals surface area contributed by atoms with Gasteiger partial charge in [-0.1, -0.05) is 6.92 Å². The molecule has 0 amide bonds. The van der Waals surface area contributed by atoms with Crippen LogP contribution in [-0.4, -0.2) is 22.0 Å². The maximum Gasteiger partial charge on any atom is 0.162 e. The van der Waals surface area contributed by atoms with Gasteiger partial charge in [0.15, 0.2) is 5.75 Å². The second-order valence-corrected chi connectivity index (χ2v) is 4.59. The van der Waals surface area contributed by atoms with Gasteiger partial charge in [0.2, 0.25) is 0 Å². The molecular weight excluding hydrogens is 204 g/mol. The van der Waals surface area contributed by atoms with Crippen LogP contribution < -0.4 is 4.74 Å². The number of aryl methyl sites for hydroxylation is 1. The lowest BCUT2D eigenvalue weighted by atomic mass is 9.88. The standard InChI is InChI=1S/C12H20N2O2/c1-4-14-11(10(16-3)8-13-14)12(15)7-5-6-9(12)2/h8-9,15H,4-7H2,1-3H3. The first kappa shape index (κ1) is 11.5. The normalized spacial score (nSPS) is 29.6. The summed E-state index contributed by atoms with van der Waals surface area (Å²) in [5, 5.41) is 15.1. The summed E-state index contributed by atoms with van der Waals surface area (Å²) in [5.41, 5.74) is 0.0835. The van der Waals surface area contributed by atoms with Gasteiger partial charge in [0, 0.05) is 6.54 Å². The van der Waals surface area contributed by atoms with Gasteiger partial charge >= 0.3 is 0 Å². The van der Waals surface area contributed by atoms with E-state index >= 15 is 0 Å². The number of rotatable bonds is 3. The predicted octanol–water partition coefficient (Wildman–Crippen LogP) is 1.92. The van der Waals surface area contributed by atoms with Gasteiger partial charge in [0.25, 0.3) is 0 Å². The summed E-state index contributed by atoms with van der Waals surface area (Å²) in [7, 11) is 1.63. The average molecular weight is 224 g/mol. The van der Waals surface area contributed by atoms with Crippen LogP contribution in [0.4, 0.5) is 0 Å². The van der Waals surface area contributed by atoms with Gasteiger partial charge in [-0.2, -0.15) is 5.10 Å². The van der Waals surface area contributed by atoms with Crippen LogP contribution in [0.3, 0.4) is 0 Å². The van der Waals surface area contributed by atoms with Crippen molar-refractivity contribution in [2.24, 2.45) is 5.92 Å². The van der Waals surface area contributed by atoms with Crippen LogP contribution >= 0.6 is 0 Å². The van der Waals surface area contributed by atoms with Crippen molar-refractivity contribution in [1.29, 1.82) is 0 Å². The van der Waals surface area contributed by atoms with Crippen molar-refractivity contribution in [3.63, 3.8) is 0 Å². The minimum absolute atomic E-state index is 0.267. The van der Waals surface area contributed by atoms with E-state index in [1.807, 2.05) is 11.6 Å². The summed E-state index contributed by atoms with van der Waals surface area (Å²) >= 11 is 0. The number of hydrogen-bond donors (Lipinski definition) is 1. The Morgan fingerprint density at radius 2 is 2.44 bits per heavy atom. The Morgan fingerprint density at radius 3 is 2.94 bits per heavy atom. The SMILES string of the molecule is CCn1ncc(OC)c1C1(O)CCCC1C. The Labute approximate surface area is 96.2 Å². The highest BCUT2D eigenvalue weighted by molar-refractivity contribution is 5.32. The molecule has 1 fully saturated rings. The molecule has 4 nitrogen and oxygen atoms in total. The van der Waals surface area contributed by atoms with Gasteiger partial charge < -0.3 is 9.84 Å². The Morgan fingerprint density at radius 1 is 1.69 bits per heavy atom. The molecule has 2 unspecified atom stereocenters. The third kappa shape index (κ3) is 1.52. The van der Waals surface area contributed by atoms with Crippen LogP contribution in [0.2, 0.25) is 0 Å². The Bertz CT molecular complexity index is 354. The molecule has 2 atom stereocenters. The van der Waals surface area contributed by atoms with Gasteiger partial charge in [-0.05, 0) is 32.1 Å². The lowest BCUT2D eigenvalue weighted by Gasteiger charge is -2.29. The largest absolute Gasteiger partial charge is 0.493 e. The highest BCUT2D eigenvalue weighted by Crippen LogP contribution is 2.46. The summed E-state index contributed by atoms with van der Waals surface area (Å²) in [5.74, 6) is 0.974. The van der Waals surface area contributed by atoms with Crippen molar-refractivity contribution in [3.05, 3.63) is 11.9 Å². The molecule has 0 saturated heterocycles. The van der Waals surface area contributed by atoms with Crippen molar-refractivity contribution in [1.82, 2.24) is 9.78 Å². The maximum atomic E-state index is 10.8. The number of methoxy groups -OCH3 is 1. The second kappa shape index (κ2) is 4.09. The van der Waals surface area contributed by atoms with Gasteiger partial charge in [-0.3, -0.25) is 4.68 Å². The number of aromatic nitrogens is 2. The summed E-state index contributed by atoms with van der Waals surface area (Å²) in [6, 6.07) is 0. The highest BCUT2D eigenvalue weighted by atomic mass is 16.5. The van der Waals surface area contributed by atoms with Crippen molar-refractivity contribution < 1.29 is 9.84 Å². The molecule has 1 aromatic heterocycles. The quantitative estimate of drug-likeness (QED) is 0.853. The van der Waals surface area contributed by atoms with E-state index in [4.69, 9.17) is 4.74 Å². The average Bonchev–Trinajstić information content (AvgIpc) is 2.84. The van der Waals surface area contributed by atoms with E-state index in [1.165, 1.54) is 0 Å². The van der Waals surface area contributed by atoms with Crippen LogP contribution in [0.15, 0.2) is 6.20 Å². The highest BCUT2D eigenvalue weighted by Gasteiger charge is 2.44. The predicted molar refractivity (Wildman–Crippen MR) is 61.4 cm³/mol. The first-order valence-corrected chi connectivity index (χ1v) is 5.96. The molecule has 0 spiro atoms. The number of ether oxygens (including phenoxy) is 1. The fraction of sp³-hybridized carbons (Fsp3) is 0.750. The molecule has 1 aromatic rings. The molecule has 1 N–H and O–H groups in total. The maximum absolute atomic E-state index is 10.8. The van der Waals surface area contributed by atoms with Crippen LogP contribution in [0.5, 0.6) is 5.75 Å². The number of aliphatic hydroxyl groups is 1. The van der Waals surface area contributed by atoms with Gasteiger partial charge in [0.1, 0.15) is 11.3 Å². The summed E-state index contributed by atoms with van der Waals surface area (Å²) < 4.78 is 7.16. The molecule has 1 saturated carbocycles. The van der Waals surface area contributed by atoms with Crippen LogP contribution in [-0.2, 0) is 12.1 Å². The van der Waals surface area contributed by atoms with E-state index in [9.17, 15) is 5.11 Å². The zero-order valence-electron chi connectivity index (χ0n) is 10.2. The van der Waals surface area contributed by atoms with Gasteiger partial charge in [-0.15, -0.1) is 0 Å². The molecule has 90 valence electrons. The van der Waals surface area contributed by atoms with Crippen LogP contribution in [0.25, 0.3) is 0 Å². The molecule has 1 aliphatic rings. The number of hydrogen-bond acceptors (Lipinski definition) is 3. The van der Waals surface area contributed by atoms with Crippen molar-refractivity contribution in [3.8, 4) is 5.75 Å². The molecule has 0 aromatic carbocycles. The second-order valence-electron chi connectivity index (χ2n) is 4.59. The first-order valence-electron chi connectivity index (χ1n) is 5.96. The Balaban J connectivity index is 2.48.